The van der Waals surface area contributed by atoms with E-state index in [1.807, 2.05) is 0 Å². The molecule has 1 unspecified atom stereocenters. The van der Waals surface area contributed by atoms with Gasteiger partial charge in [0.2, 0.25) is 17.7 Å². The lowest BCUT2D eigenvalue weighted by Gasteiger charge is -2.20. The van der Waals surface area contributed by atoms with Gasteiger partial charge in [0, 0.05) is 12.1 Å². The van der Waals surface area contributed by atoms with E-state index in [9.17, 15) is 14.7 Å². The zero-order chi connectivity index (χ0) is 18.7. The van der Waals surface area contributed by atoms with Crippen LogP contribution in [0.4, 0.5) is 0 Å². The Morgan fingerprint density at radius 3 is 3.00 bits per heavy atom. The van der Waals surface area contributed by atoms with Crippen LogP contribution in [-0.4, -0.2) is 35.6 Å². The molecule has 0 radical (unpaired) electrons. The number of aryl methyl sites for hydroxylation is 1. The highest BCUT2D eigenvalue weighted by Crippen LogP contribution is 2.31. The largest absolute Gasteiger partial charge is 0.504 e. The Balaban J connectivity index is 1.69. The van der Waals surface area contributed by atoms with Crippen LogP contribution in [0.25, 0.3) is 11.5 Å². The van der Waals surface area contributed by atoms with Crippen molar-refractivity contribution in [1.29, 1.82) is 0 Å². The number of hydrogen-bond acceptors (Lipinski definition) is 6. The summed E-state index contributed by atoms with van der Waals surface area (Å²) in [5.74, 6) is 0.0281. The average Bonchev–Trinajstić information content (AvgIpc) is 3.01. The second-order valence-corrected chi connectivity index (χ2v) is 6.11. The van der Waals surface area contributed by atoms with E-state index in [-0.39, 0.29) is 24.1 Å². The number of ether oxygens (including phenoxy) is 1. The van der Waals surface area contributed by atoms with Gasteiger partial charge >= 0.3 is 0 Å². The second kappa shape index (κ2) is 7.47. The number of nitrogens with one attached hydrogen (secondary N) is 2. The van der Waals surface area contributed by atoms with E-state index < -0.39 is 5.92 Å². The molecule has 1 saturated heterocycles. The van der Waals surface area contributed by atoms with Gasteiger partial charge in [0.25, 0.3) is 0 Å². The van der Waals surface area contributed by atoms with Crippen LogP contribution in [0, 0.1) is 12.8 Å². The fourth-order valence-corrected chi connectivity index (χ4v) is 2.85. The van der Waals surface area contributed by atoms with Crippen molar-refractivity contribution in [3.8, 4) is 23.0 Å². The minimum atomic E-state index is -0.658. The molecular formula is C18H21N3O5. The Hall–Kier alpha value is -3.03. The van der Waals surface area contributed by atoms with Crippen LogP contribution >= 0.6 is 0 Å². The fourth-order valence-electron chi connectivity index (χ4n) is 2.85. The highest BCUT2D eigenvalue weighted by atomic mass is 16.5. The predicted octanol–water partition coefficient (Wildman–Crippen LogP) is 1.51. The number of carbonyl (C=O) groups is 2. The lowest BCUT2D eigenvalue weighted by Crippen LogP contribution is -2.44. The van der Waals surface area contributed by atoms with E-state index in [0.717, 1.165) is 6.42 Å². The molecule has 8 heteroatoms. The molecule has 3 rings (SSSR count). The molecule has 0 saturated carbocycles. The van der Waals surface area contributed by atoms with Crippen LogP contribution in [0.3, 0.4) is 0 Å². The summed E-state index contributed by atoms with van der Waals surface area (Å²) >= 11 is 0. The molecule has 1 atom stereocenters. The zero-order valence-electron chi connectivity index (χ0n) is 14.7. The number of piperidine rings is 1. The first kappa shape index (κ1) is 17.8. The summed E-state index contributed by atoms with van der Waals surface area (Å²) in [5.41, 5.74) is 1.16. The number of nitrogens with zero attached hydrogens (tertiary/aromatic N) is 1. The van der Waals surface area contributed by atoms with Crippen LogP contribution in [-0.2, 0) is 16.1 Å². The van der Waals surface area contributed by atoms with E-state index in [0.29, 0.717) is 41.6 Å². The normalized spacial score (nSPS) is 16.8. The Morgan fingerprint density at radius 1 is 1.50 bits per heavy atom. The Bertz CT molecular complexity index is 830. The summed E-state index contributed by atoms with van der Waals surface area (Å²) in [7, 11) is 1.47. The molecular weight excluding hydrogens is 338 g/mol. The van der Waals surface area contributed by atoms with Gasteiger partial charge in [-0.2, -0.15) is 0 Å². The number of amides is 2. The number of phenolic OH excluding ortho intramolecular Hbond substituents is 1. The van der Waals surface area contributed by atoms with Crippen molar-refractivity contribution in [2.75, 3.05) is 13.7 Å². The highest BCUT2D eigenvalue weighted by molar-refractivity contribution is 6.00. The molecule has 2 heterocycles. The number of carbonyl (C=O) groups excluding carboxylic acids is 2. The van der Waals surface area contributed by atoms with E-state index in [1.165, 1.54) is 13.2 Å². The quantitative estimate of drug-likeness (QED) is 0.697. The van der Waals surface area contributed by atoms with Gasteiger partial charge in [-0.1, -0.05) is 0 Å². The van der Waals surface area contributed by atoms with Crippen LogP contribution < -0.4 is 15.4 Å². The maximum absolute atomic E-state index is 12.2. The van der Waals surface area contributed by atoms with E-state index >= 15 is 0 Å². The molecule has 0 aliphatic carbocycles. The highest BCUT2D eigenvalue weighted by Gasteiger charge is 2.29. The fraction of sp³-hybridized carbons (Fsp3) is 0.389. The van der Waals surface area contributed by atoms with E-state index in [1.54, 1.807) is 19.1 Å². The maximum Gasteiger partial charge on any atom is 0.232 e. The van der Waals surface area contributed by atoms with Gasteiger partial charge in [0.15, 0.2) is 11.5 Å². The van der Waals surface area contributed by atoms with Crippen molar-refractivity contribution in [3.05, 3.63) is 29.7 Å². The molecule has 2 amide bonds. The number of oxazole rings is 1. The minimum absolute atomic E-state index is 0.0148. The Morgan fingerprint density at radius 2 is 2.31 bits per heavy atom. The number of aromatic nitrogens is 1. The summed E-state index contributed by atoms with van der Waals surface area (Å²) in [4.78, 5) is 28.3. The van der Waals surface area contributed by atoms with Gasteiger partial charge in [-0.05, 0) is 38.0 Å². The molecule has 26 heavy (non-hydrogen) atoms. The minimum Gasteiger partial charge on any atom is -0.504 e. The van der Waals surface area contributed by atoms with Gasteiger partial charge in [-0.25, -0.2) is 4.98 Å². The number of rotatable bonds is 5. The molecule has 3 N–H and O–H groups in total. The van der Waals surface area contributed by atoms with Crippen molar-refractivity contribution in [2.24, 2.45) is 5.92 Å². The summed E-state index contributed by atoms with van der Waals surface area (Å²) in [6, 6.07) is 4.84. The van der Waals surface area contributed by atoms with Crippen LogP contribution in [0.1, 0.15) is 24.3 Å². The number of hydrogen-bond donors (Lipinski definition) is 3. The lowest BCUT2D eigenvalue weighted by atomic mass is 9.98. The summed E-state index contributed by atoms with van der Waals surface area (Å²) < 4.78 is 10.6. The van der Waals surface area contributed by atoms with Gasteiger partial charge in [0.05, 0.1) is 13.7 Å². The van der Waals surface area contributed by atoms with E-state index in [4.69, 9.17) is 9.15 Å². The van der Waals surface area contributed by atoms with Crippen LogP contribution in [0.2, 0.25) is 0 Å². The van der Waals surface area contributed by atoms with Gasteiger partial charge < -0.3 is 24.9 Å². The molecule has 1 aliphatic rings. The van der Waals surface area contributed by atoms with Crippen molar-refractivity contribution in [3.63, 3.8) is 0 Å². The summed E-state index contributed by atoms with van der Waals surface area (Å²) in [6.07, 6.45) is 1.34. The summed E-state index contributed by atoms with van der Waals surface area (Å²) in [5, 5.41) is 15.3. The number of phenols is 1. The zero-order valence-corrected chi connectivity index (χ0v) is 14.7. The van der Waals surface area contributed by atoms with Crippen LogP contribution in [0.15, 0.2) is 22.6 Å². The maximum atomic E-state index is 12.2. The van der Waals surface area contributed by atoms with Crippen molar-refractivity contribution < 1.29 is 23.8 Å². The van der Waals surface area contributed by atoms with Gasteiger partial charge in [0.1, 0.15) is 17.4 Å². The van der Waals surface area contributed by atoms with Crippen molar-refractivity contribution in [1.82, 2.24) is 15.6 Å². The third-order valence-corrected chi connectivity index (χ3v) is 4.35. The molecule has 138 valence electrons. The Labute approximate surface area is 150 Å². The number of methoxy groups -OCH3 is 1. The smallest absolute Gasteiger partial charge is 0.232 e. The average molecular weight is 359 g/mol. The molecule has 1 aromatic carbocycles. The van der Waals surface area contributed by atoms with E-state index in [2.05, 4.69) is 15.6 Å². The van der Waals surface area contributed by atoms with Gasteiger partial charge in [-0.3, -0.25) is 9.59 Å². The third kappa shape index (κ3) is 3.63. The monoisotopic (exact) mass is 359 g/mol. The topological polar surface area (TPSA) is 114 Å². The number of benzene rings is 1. The first-order valence-electron chi connectivity index (χ1n) is 8.38. The summed E-state index contributed by atoms with van der Waals surface area (Å²) in [6.45, 7) is 2.53. The van der Waals surface area contributed by atoms with Crippen molar-refractivity contribution in [2.45, 2.75) is 26.3 Å². The SMILES string of the molecule is COc1ccc(-c2nc(CNC(=O)C3CCCNC3=O)c(C)o2)cc1O. The first-order valence-corrected chi connectivity index (χ1v) is 8.38. The van der Waals surface area contributed by atoms with Crippen LogP contribution in [0.5, 0.6) is 11.5 Å². The molecule has 0 bridgehead atoms. The molecule has 1 aromatic heterocycles. The second-order valence-electron chi connectivity index (χ2n) is 6.11. The third-order valence-electron chi connectivity index (χ3n) is 4.35. The predicted molar refractivity (Wildman–Crippen MR) is 92.5 cm³/mol. The van der Waals surface area contributed by atoms with Gasteiger partial charge in [-0.15, -0.1) is 0 Å². The van der Waals surface area contributed by atoms with Crippen molar-refractivity contribution >= 4 is 11.8 Å². The molecule has 1 fully saturated rings. The molecule has 1 aliphatic heterocycles. The standard InChI is InChI=1S/C18H21N3O5/c1-10-13(9-20-17(24)12-4-3-7-19-16(12)23)21-18(26-10)11-5-6-15(25-2)14(22)8-11/h5-6,8,12,22H,3-4,7,9H2,1-2H3,(H,19,23)(H,20,24). The molecule has 2 aromatic rings. The molecule has 0 spiro atoms. The molecule has 8 nitrogen and oxygen atoms in total. The number of aromatic hydroxyl groups is 1. The lowest BCUT2D eigenvalue weighted by molar-refractivity contribution is -0.136. The Kier molecular flexibility index (Phi) is 5.11. The first-order chi connectivity index (χ1) is 12.5.